The Morgan fingerprint density at radius 2 is 1.66 bits per heavy atom. The number of hydrogen-bond acceptors (Lipinski definition) is 5. The summed E-state index contributed by atoms with van der Waals surface area (Å²) in [5, 5.41) is 4.69. The van der Waals surface area contributed by atoms with Crippen LogP contribution >= 0.6 is 11.6 Å². The van der Waals surface area contributed by atoms with Crippen LogP contribution < -0.4 is 19.7 Å². The van der Waals surface area contributed by atoms with Crippen LogP contribution in [0.15, 0.2) is 84.4 Å². The highest BCUT2D eigenvalue weighted by Crippen LogP contribution is 2.38. The Hall–Kier alpha value is -4.62. The van der Waals surface area contributed by atoms with Crippen LogP contribution in [0.25, 0.3) is 16.8 Å². The molecule has 1 heterocycles. The van der Waals surface area contributed by atoms with E-state index in [-0.39, 0.29) is 17.2 Å². The van der Waals surface area contributed by atoms with E-state index in [0.29, 0.717) is 22.7 Å². The van der Waals surface area contributed by atoms with Gasteiger partial charge in [-0.2, -0.15) is 0 Å². The predicted octanol–water partition coefficient (Wildman–Crippen LogP) is 6.06. The molecule has 0 unspecified atom stereocenters. The van der Waals surface area contributed by atoms with Gasteiger partial charge in [-0.3, -0.25) is 14.9 Å². The van der Waals surface area contributed by atoms with Crippen LogP contribution in [0.2, 0.25) is 5.02 Å². The molecule has 190 valence electrons. The summed E-state index contributed by atoms with van der Waals surface area (Å²) in [7, 11) is 1.47. The van der Waals surface area contributed by atoms with Crippen LogP contribution in [0.5, 0.6) is 11.5 Å². The van der Waals surface area contributed by atoms with Gasteiger partial charge in [-0.25, -0.2) is 9.69 Å². The Morgan fingerprint density at radius 1 is 0.921 bits per heavy atom. The molecule has 0 aromatic heterocycles. The van der Waals surface area contributed by atoms with Crippen molar-refractivity contribution in [2.75, 3.05) is 12.0 Å². The molecule has 4 aromatic carbocycles. The molecule has 0 spiro atoms. The molecule has 5 rings (SSSR count). The van der Waals surface area contributed by atoms with E-state index >= 15 is 0 Å². The molecule has 1 aliphatic rings. The molecular weight excluding hydrogens is 504 g/mol. The minimum atomic E-state index is -0.811. The van der Waals surface area contributed by atoms with Gasteiger partial charge >= 0.3 is 6.03 Å². The van der Waals surface area contributed by atoms with Crippen molar-refractivity contribution < 1.29 is 23.9 Å². The lowest BCUT2D eigenvalue weighted by Gasteiger charge is -2.26. The first-order valence-electron chi connectivity index (χ1n) is 11.8. The summed E-state index contributed by atoms with van der Waals surface area (Å²) in [6.45, 7) is 2.15. The number of ether oxygens (including phenoxy) is 2. The summed E-state index contributed by atoms with van der Waals surface area (Å²) in [4.78, 5) is 39.1. The SMILES string of the molecule is COc1cc(/C=C2\C(=O)NC(=O)N(c3ccc(C)cc3)C2=O)cc(Cl)c1OCc1ccc2ccccc2c1. The number of nitrogens with zero attached hydrogens (tertiary/aromatic N) is 1. The third-order valence-electron chi connectivity index (χ3n) is 6.15. The Balaban J connectivity index is 1.42. The first kappa shape index (κ1) is 25.0. The van der Waals surface area contributed by atoms with Gasteiger partial charge in [-0.15, -0.1) is 0 Å². The monoisotopic (exact) mass is 526 g/mol. The number of barbiturate groups is 1. The fourth-order valence-electron chi connectivity index (χ4n) is 4.20. The van der Waals surface area contributed by atoms with E-state index in [4.69, 9.17) is 21.1 Å². The number of hydrogen-bond donors (Lipinski definition) is 1. The molecule has 38 heavy (non-hydrogen) atoms. The van der Waals surface area contributed by atoms with E-state index in [1.165, 1.54) is 13.2 Å². The zero-order valence-corrected chi connectivity index (χ0v) is 21.4. The summed E-state index contributed by atoms with van der Waals surface area (Å²) >= 11 is 6.54. The van der Waals surface area contributed by atoms with E-state index in [9.17, 15) is 14.4 Å². The van der Waals surface area contributed by atoms with Crippen LogP contribution in [-0.4, -0.2) is 25.0 Å². The number of methoxy groups -OCH3 is 1. The maximum Gasteiger partial charge on any atom is 0.335 e. The molecule has 7 nitrogen and oxygen atoms in total. The molecule has 0 saturated carbocycles. The summed E-state index contributed by atoms with van der Waals surface area (Å²) in [5.41, 5.74) is 2.49. The van der Waals surface area contributed by atoms with Gasteiger partial charge in [0, 0.05) is 0 Å². The molecule has 0 radical (unpaired) electrons. The molecule has 0 atom stereocenters. The molecule has 1 N–H and O–H groups in total. The zero-order valence-electron chi connectivity index (χ0n) is 20.7. The topological polar surface area (TPSA) is 84.9 Å². The van der Waals surface area contributed by atoms with Gasteiger partial charge in [-0.1, -0.05) is 65.7 Å². The van der Waals surface area contributed by atoms with Crippen molar-refractivity contribution in [3.8, 4) is 11.5 Å². The van der Waals surface area contributed by atoms with E-state index in [1.54, 1.807) is 36.4 Å². The molecular formula is C30H23ClN2O5. The first-order chi connectivity index (χ1) is 18.3. The van der Waals surface area contributed by atoms with Gasteiger partial charge in [-0.05, 0) is 65.2 Å². The Labute approximate surface area is 224 Å². The van der Waals surface area contributed by atoms with Crippen molar-refractivity contribution in [3.05, 3.63) is 106 Å². The van der Waals surface area contributed by atoms with Gasteiger partial charge in [0.2, 0.25) is 0 Å². The highest BCUT2D eigenvalue weighted by molar-refractivity contribution is 6.39. The van der Waals surface area contributed by atoms with E-state index in [0.717, 1.165) is 26.8 Å². The second kappa shape index (κ2) is 10.4. The van der Waals surface area contributed by atoms with Crippen molar-refractivity contribution in [3.63, 3.8) is 0 Å². The highest BCUT2D eigenvalue weighted by Gasteiger charge is 2.36. The maximum atomic E-state index is 13.2. The van der Waals surface area contributed by atoms with Gasteiger partial charge in [0.15, 0.2) is 11.5 Å². The molecule has 4 amide bonds. The molecule has 4 aromatic rings. The standard InChI is InChI=1S/C30H23ClN2O5/c1-18-7-11-23(12-8-18)33-29(35)24(28(34)32-30(33)36)14-20-15-25(31)27(26(16-20)37-2)38-17-19-9-10-21-5-3-4-6-22(21)13-19/h3-16H,17H2,1-2H3,(H,32,34,36)/b24-14+. The Morgan fingerprint density at radius 3 is 2.39 bits per heavy atom. The number of amides is 4. The van der Waals surface area contributed by atoms with Gasteiger partial charge < -0.3 is 9.47 Å². The molecule has 1 aliphatic heterocycles. The van der Waals surface area contributed by atoms with E-state index in [1.807, 2.05) is 49.4 Å². The number of aryl methyl sites for hydroxylation is 1. The average Bonchev–Trinajstić information content (AvgIpc) is 2.91. The summed E-state index contributed by atoms with van der Waals surface area (Å²) < 4.78 is 11.5. The van der Waals surface area contributed by atoms with Crippen LogP contribution in [0, 0.1) is 6.92 Å². The number of benzene rings is 4. The van der Waals surface area contributed by atoms with Crippen molar-refractivity contribution in [1.29, 1.82) is 0 Å². The number of anilines is 1. The lowest BCUT2D eigenvalue weighted by atomic mass is 10.1. The molecule has 8 heteroatoms. The smallest absolute Gasteiger partial charge is 0.335 e. The van der Waals surface area contributed by atoms with Gasteiger partial charge in [0.25, 0.3) is 11.8 Å². The third kappa shape index (κ3) is 4.96. The van der Waals surface area contributed by atoms with Crippen LogP contribution in [-0.2, 0) is 16.2 Å². The molecule has 1 fully saturated rings. The van der Waals surface area contributed by atoms with Crippen molar-refractivity contribution in [1.82, 2.24) is 5.32 Å². The van der Waals surface area contributed by atoms with Crippen LogP contribution in [0.3, 0.4) is 0 Å². The number of fused-ring (bicyclic) bond motifs is 1. The lowest BCUT2D eigenvalue weighted by Crippen LogP contribution is -2.54. The van der Waals surface area contributed by atoms with Crippen LogP contribution in [0.4, 0.5) is 10.5 Å². The quantitative estimate of drug-likeness (QED) is 0.244. The van der Waals surface area contributed by atoms with Crippen LogP contribution in [0.1, 0.15) is 16.7 Å². The summed E-state index contributed by atoms with van der Waals surface area (Å²) in [6.07, 6.45) is 1.37. The fourth-order valence-corrected chi connectivity index (χ4v) is 4.47. The summed E-state index contributed by atoms with van der Waals surface area (Å²) in [5.74, 6) is -0.870. The predicted molar refractivity (Wildman–Crippen MR) is 146 cm³/mol. The van der Waals surface area contributed by atoms with Crippen molar-refractivity contribution >= 4 is 52.0 Å². The Kier molecular flexibility index (Phi) is 6.85. The number of carbonyl (C=O) groups is 3. The number of halogens is 1. The zero-order chi connectivity index (χ0) is 26.8. The second-order valence-corrected chi connectivity index (χ2v) is 9.20. The molecule has 0 bridgehead atoms. The molecule has 1 saturated heterocycles. The van der Waals surface area contributed by atoms with E-state index in [2.05, 4.69) is 5.32 Å². The maximum absolute atomic E-state index is 13.2. The molecule has 0 aliphatic carbocycles. The normalized spacial score (nSPS) is 14.7. The van der Waals surface area contributed by atoms with Crippen molar-refractivity contribution in [2.45, 2.75) is 13.5 Å². The number of rotatable bonds is 6. The first-order valence-corrected chi connectivity index (χ1v) is 12.2. The number of carbonyl (C=O) groups excluding carboxylic acids is 3. The second-order valence-electron chi connectivity index (χ2n) is 8.80. The average molecular weight is 527 g/mol. The number of imide groups is 2. The Bertz CT molecular complexity index is 1610. The largest absolute Gasteiger partial charge is 0.493 e. The van der Waals surface area contributed by atoms with Crippen molar-refractivity contribution in [2.24, 2.45) is 0 Å². The fraction of sp³-hybridized carbons (Fsp3) is 0.100. The van der Waals surface area contributed by atoms with E-state index < -0.39 is 17.8 Å². The minimum Gasteiger partial charge on any atom is -0.493 e. The number of nitrogens with one attached hydrogen (secondary N) is 1. The summed E-state index contributed by atoms with van der Waals surface area (Å²) in [6, 6.07) is 23.3. The highest BCUT2D eigenvalue weighted by atomic mass is 35.5. The lowest BCUT2D eigenvalue weighted by molar-refractivity contribution is -0.122. The van der Waals surface area contributed by atoms with Gasteiger partial charge in [0.1, 0.15) is 12.2 Å². The third-order valence-corrected chi connectivity index (χ3v) is 6.43. The number of urea groups is 1. The minimum absolute atomic E-state index is 0.215. The van der Waals surface area contributed by atoms with Gasteiger partial charge in [0.05, 0.1) is 17.8 Å².